The molecule has 1 aromatic heterocycles. The highest BCUT2D eigenvalue weighted by molar-refractivity contribution is 5.94. The number of nitrogens with one attached hydrogen (secondary N) is 2. The van der Waals surface area contributed by atoms with E-state index < -0.39 is 0 Å². The Bertz CT molecular complexity index is 1030. The fourth-order valence-corrected chi connectivity index (χ4v) is 3.18. The van der Waals surface area contributed by atoms with Crippen LogP contribution >= 0.6 is 0 Å². The molecular weight excluding hydrogens is 408 g/mol. The summed E-state index contributed by atoms with van der Waals surface area (Å²) in [5.41, 5.74) is 2.50. The summed E-state index contributed by atoms with van der Waals surface area (Å²) in [7, 11) is 3.19. The number of methoxy groups -OCH3 is 1. The van der Waals surface area contributed by atoms with E-state index in [0.29, 0.717) is 49.6 Å². The summed E-state index contributed by atoms with van der Waals surface area (Å²) in [4.78, 5) is 24.0. The first-order valence-corrected chi connectivity index (χ1v) is 10.4. The van der Waals surface area contributed by atoms with E-state index in [-0.39, 0.29) is 11.8 Å². The lowest BCUT2D eigenvalue weighted by atomic mass is 10.1. The Morgan fingerprint density at radius 1 is 1.12 bits per heavy atom. The van der Waals surface area contributed by atoms with Crippen LogP contribution in [0, 0.1) is 0 Å². The van der Waals surface area contributed by atoms with Crippen molar-refractivity contribution < 1.29 is 19.1 Å². The third-order valence-corrected chi connectivity index (χ3v) is 4.91. The van der Waals surface area contributed by atoms with E-state index in [4.69, 9.17) is 9.47 Å². The van der Waals surface area contributed by atoms with Gasteiger partial charge < -0.3 is 20.1 Å². The molecule has 32 heavy (non-hydrogen) atoms. The van der Waals surface area contributed by atoms with Gasteiger partial charge >= 0.3 is 0 Å². The molecule has 8 nitrogen and oxygen atoms in total. The van der Waals surface area contributed by atoms with Crippen molar-refractivity contribution >= 4 is 11.8 Å². The summed E-state index contributed by atoms with van der Waals surface area (Å²) in [5, 5.41) is 9.73. The maximum absolute atomic E-state index is 12.4. The summed E-state index contributed by atoms with van der Waals surface area (Å²) in [5.74, 6) is 1.11. The first-order chi connectivity index (χ1) is 15.6. The van der Waals surface area contributed by atoms with Gasteiger partial charge in [-0.1, -0.05) is 18.2 Å². The van der Waals surface area contributed by atoms with Crippen molar-refractivity contribution in [1.82, 2.24) is 20.4 Å². The van der Waals surface area contributed by atoms with Crippen LogP contribution in [0.4, 0.5) is 0 Å². The van der Waals surface area contributed by atoms with Gasteiger partial charge in [0.05, 0.1) is 20.2 Å². The second kappa shape index (κ2) is 11.5. The Morgan fingerprint density at radius 3 is 2.75 bits per heavy atom. The molecule has 0 aliphatic carbocycles. The number of hydrogen-bond acceptors (Lipinski definition) is 5. The molecular formula is C24H28N4O4. The first kappa shape index (κ1) is 22.9. The van der Waals surface area contributed by atoms with Crippen LogP contribution < -0.4 is 20.1 Å². The molecule has 0 radical (unpaired) electrons. The van der Waals surface area contributed by atoms with Gasteiger partial charge in [-0.05, 0) is 47.9 Å². The first-order valence-electron chi connectivity index (χ1n) is 10.4. The van der Waals surface area contributed by atoms with Crippen molar-refractivity contribution in [2.24, 2.45) is 0 Å². The average molecular weight is 437 g/mol. The Hall–Kier alpha value is -3.81. The SMILES string of the molecule is CNC(=O)CCc1ccc(Cn2cccn2)cc1OCCNC(=O)c1cccc(OC)c1. The number of rotatable bonds is 11. The Morgan fingerprint density at radius 2 is 2.00 bits per heavy atom. The second-order valence-electron chi connectivity index (χ2n) is 7.16. The maximum atomic E-state index is 12.4. The maximum Gasteiger partial charge on any atom is 0.251 e. The minimum absolute atomic E-state index is 0.0258. The van der Waals surface area contributed by atoms with Gasteiger partial charge in [0, 0.05) is 31.4 Å². The van der Waals surface area contributed by atoms with E-state index in [1.54, 1.807) is 44.6 Å². The zero-order chi connectivity index (χ0) is 22.8. The van der Waals surface area contributed by atoms with E-state index in [0.717, 1.165) is 11.1 Å². The zero-order valence-corrected chi connectivity index (χ0v) is 18.3. The lowest BCUT2D eigenvalue weighted by Crippen LogP contribution is -2.28. The molecule has 0 aliphatic heterocycles. The molecule has 2 amide bonds. The van der Waals surface area contributed by atoms with Crippen LogP contribution in [0.1, 0.15) is 27.9 Å². The Kier molecular flexibility index (Phi) is 8.25. The predicted molar refractivity (Wildman–Crippen MR) is 121 cm³/mol. The zero-order valence-electron chi connectivity index (χ0n) is 18.3. The van der Waals surface area contributed by atoms with Crippen LogP contribution in [0.25, 0.3) is 0 Å². The number of aromatic nitrogens is 2. The van der Waals surface area contributed by atoms with Gasteiger partial charge in [-0.3, -0.25) is 14.3 Å². The van der Waals surface area contributed by atoms with Crippen LogP contribution in [0.5, 0.6) is 11.5 Å². The smallest absolute Gasteiger partial charge is 0.251 e. The largest absolute Gasteiger partial charge is 0.497 e. The lowest BCUT2D eigenvalue weighted by Gasteiger charge is -2.14. The molecule has 8 heteroatoms. The fraction of sp³-hybridized carbons (Fsp3) is 0.292. The van der Waals surface area contributed by atoms with Gasteiger partial charge in [0.1, 0.15) is 18.1 Å². The molecule has 0 saturated heterocycles. The van der Waals surface area contributed by atoms with Crippen molar-refractivity contribution in [3.05, 3.63) is 77.6 Å². The number of ether oxygens (including phenoxy) is 2. The van der Waals surface area contributed by atoms with Crippen LogP contribution in [0.15, 0.2) is 60.9 Å². The van der Waals surface area contributed by atoms with Gasteiger partial charge in [-0.15, -0.1) is 0 Å². The highest BCUT2D eigenvalue weighted by Crippen LogP contribution is 2.23. The van der Waals surface area contributed by atoms with Crippen LogP contribution in [-0.2, 0) is 17.8 Å². The van der Waals surface area contributed by atoms with E-state index in [1.165, 1.54) is 0 Å². The summed E-state index contributed by atoms with van der Waals surface area (Å²) in [6.45, 7) is 1.26. The third kappa shape index (κ3) is 6.60. The standard InChI is InChI=1S/C24H28N4O4/c1-25-23(29)10-9-19-8-7-18(17-28-13-4-11-27-28)15-22(19)32-14-12-26-24(30)20-5-3-6-21(16-20)31-2/h3-8,11,13,15-16H,9-10,12,14,17H2,1-2H3,(H,25,29)(H,26,30). The number of amides is 2. The number of aryl methyl sites for hydroxylation is 1. The van der Waals surface area contributed by atoms with Crippen molar-refractivity contribution in [1.29, 1.82) is 0 Å². The molecule has 0 unspecified atom stereocenters. The topological polar surface area (TPSA) is 94.5 Å². The highest BCUT2D eigenvalue weighted by atomic mass is 16.5. The quantitative estimate of drug-likeness (QED) is 0.450. The molecule has 3 rings (SSSR count). The number of carbonyl (C=O) groups excluding carboxylic acids is 2. The predicted octanol–water partition coefficient (Wildman–Crippen LogP) is 2.43. The molecule has 0 spiro atoms. The van der Waals surface area contributed by atoms with Crippen LogP contribution in [0.2, 0.25) is 0 Å². The molecule has 2 aromatic carbocycles. The number of carbonyl (C=O) groups is 2. The second-order valence-corrected chi connectivity index (χ2v) is 7.16. The van der Waals surface area contributed by atoms with Crippen LogP contribution in [0.3, 0.4) is 0 Å². The minimum Gasteiger partial charge on any atom is -0.497 e. The number of hydrogen-bond donors (Lipinski definition) is 2. The Balaban J connectivity index is 1.61. The molecule has 0 aliphatic rings. The van der Waals surface area contributed by atoms with Crippen molar-refractivity contribution in [2.75, 3.05) is 27.3 Å². The lowest BCUT2D eigenvalue weighted by molar-refractivity contribution is -0.120. The van der Waals surface area contributed by atoms with Gasteiger partial charge in [0.2, 0.25) is 5.91 Å². The molecule has 0 fully saturated rings. The van der Waals surface area contributed by atoms with Crippen LogP contribution in [-0.4, -0.2) is 48.9 Å². The number of nitrogens with zero attached hydrogens (tertiary/aromatic N) is 2. The molecule has 0 bridgehead atoms. The molecule has 0 atom stereocenters. The van der Waals surface area contributed by atoms with E-state index in [2.05, 4.69) is 15.7 Å². The van der Waals surface area contributed by atoms with E-state index in [9.17, 15) is 9.59 Å². The fourth-order valence-electron chi connectivity index (χ4n) is 3.18. The number of benzene rings is 2. The van der Waals surface area contributed by atoms with Gasteiger partial charge in [0.25, 0.3) is 5.91 Å². The average Bonchev–Trinajstić information content (AvgIpc) is 3.33. The summed E-state index contributed by atoms with van der Waals surface area (Å²) in [6.07, 6.45) is 4.57. The summed E-state index contributed by atoms with van der Waals surface area (Å²) >= 11 is 0. The van der Waals surface area contributed by atoms with Crippen molar-refractivity contribution in [3.63, 3.8) is 0 Å². The molecule has 168 valence electrons. The van der Waals surface area contributed by atoms with Crippen molar-refractivity contribution in [3.8, 4) is 11.5 Å². The van der Waals surface area contributed by atoms with Gasteiger partial charge in [-0.2, -0.15) is 5.10 Å². The molecule has 0 saturated carbocycles. The monoisotopic (exact) mass is 436 g/mol. The van der Waals surface area contributed by atoms with Gasteiger partial charge in [-0.25, -0.2) is 0 Å². The van der Waals surface area contributed by atoms with E-state index in [1.807, 2.05) is 35.1 Å². The molecule has 3 aromatic rings. The van der Waals surface area contributed by atoms with Crippen molar-refractivity contribution in [2.45, 2.75) is 19.4 Å². The third-order valence-electron chi connectivity index (χ3n) is 4.91. The molecule has 2 N–H and O–H groups in total. The minimum atomic E-state index is -0.195. The summed E-state index contributed by atoms with van der Waals surface area (Å²) in [6, 6.07) is 14.8. The normalized spacial score (nSPS) is 10.4. The highest BCUT2D eigenvalue weighted by Gasteiger charge is 2.10. The Labute approximate surface area is 187 Å². The van der Waals surface area contributed by atoms with E-state index >= 15 is 0 Å². The van der Waals surface area contributed by atoms with Gasteiger partial charge in [0.15, 0.2) is 0 Å². The summed E-state index contributed by atoms with van der Waals surface area (Å²) < 4.78 is 13.0. The molecule has 1 heterocycles.